The van der Waals surface area contributed by atoms with E-state index >= 15 is 0 Å². The molecule has 1 aliphatic carbocycles. The molecule has 1 saturated heterocycles. The van der Waals surface area contributed by atoms with Crippen LogP contribution in [0.4, 0.5) is 4.79 Å². The molecular formula is C21H27N3O5. The first-order valence-electron chi connectivity index (χ1n) is 10.2. The highest BCUT2D eigenvalue weighted by atomic mass is 16.6. The molecule has 1 spiro atoms. The first kappa shape index (κ1) is 19.5. The number of imide groups is 1. The van der Waals surface area contributed by atoms with Gasteiger partial charge >= 0.3 is 6.03 Å². The summed E-state index contributed by atoms with van der Waals surface area (Å²) in [6.07, 6.45) is 4.94. The lowest BCUT2D eigenvalue weighted by atomic mass is 9.90. The van der Waals surface area contributed by atoms with Crippen LogP contribution in [0, 0.1) is 0 Å². The SMILES string of the molecule is CN(C[C@@H]1COc2ccccc2O1)C(=O)CN1C(=O)NC2(CCCCCC2)C1=O. The molecule has 1 saturated carbocycles. The van der Waals surface area contributed by atoms with Gasteiger partial charge in [0.1, 0.15) is 18.7 Å². The fraction of sp³-hybridized carbons (Fsp3) is 0.571. The Kier molecular flexibility index (Phi) is 5.34. The predicted octanol–water partition coefficient (Wildman–Crippen LogP) is 1.93. The van der Waals surface area contributed by atoms with Crippen molar-refractivity contribution in [2.24, 2.45) is 0 Å². The maximum Gasteiger partial charge on any atom is 0.325 e. The number of hydrogen-bond acceptors (Lipinski definition) is 5. The summed E-state index contributed by atoms with van der Waals surface area (Å²) >= 11 is 0. The Morgan fingerprint density at radius 2 is 1.86 bits per heavy atom. The number of carbonyl (C=O) groups is 3. The van der Waals surface area contributed by atoms with Gasteiger partial charge in [-0.1, -0.05) is 37.8 Å². The Morgan fingerprint density at radius 1 is 1.17 bits per heavy atom. The van der Waals surface area contributed by atoms with E-state index in [4.69, 9.17) is 9.47 Å². The number of benzene rings is 1. The van der Waals surface area contributed by atoms with Gasteiger partial charge < -0.3 is 19.7 Å². The largest absolute Gasteiger partial charge is 0.486 e. The van der Waals surface area contributed by atoms with Crippen molar-refractivity contribution in [1.29, 1.82) is 0 Å². The second-order valence-electron chi connectivity index (χ2n) is 8.09. The Bertz CT molecular complexity index is 803. The molecule has 29 heavy (non-hydrogen) atoms. The van der Waals surface area contributed by atoms with E-state index in [2.05, 4.69) is 5.32 Å². The molecule has 8 heteroatoms. The Hall–Kier alpha value is -2.77. The first-order valence-corrected chi connectivity index (χ1v) is 10.2. The standard InChI is InChI=1S/C21H27N3O5/c1-23(12-15-14-28-16-8-4-5-9-17(16)29-15)18(25)13-24-19(26)21(22-20(24)27)10-6-2-3-7-11-21/h4-5,8-9,15H,2-3,6-7,10-14H2,1H3,(H,22,27)/t15-/m1/s1. The number of urea groups is 1. The van der Waals surface area contributed by atoms with Gasteiger partial charge in [0.25, 0.3) is 5.91 Å². The van der Waals surface area contributed by atoms with Crippen LogP contribution in [0.5, 0.6) is 11.5 Å². The quantitative estimate of drug-likeness (QED) is 0.779. The summed E-state index contributed by atoms with van der Waals surface area (Å²) in [6, 6.07) is 6.92. The highest BCUT2D eigenvalue weighted by Gasteiger charge is 2.51. The van der Waals surface area contributed by atoms with Crippen molar-refractivity contribution in [1.82, 2.24) is 15.1 Å². The monoisotopic (exact) mass is 401 g/mol. The number of carbonyl (C=O) groups excluding carboxylic acids is 3. The minimum Gasteiger partial charge on any atom is -0.486 e. The van der Waals surface area contributed by atoms with Crippen LogP contribution in [0.15, 0.2) is 24.3 Å². The number of nitrogens with one attached hydrogen (secondary N) is 1. The lowest BCUT2D eigenvalue weighted by Gasteiger charge is -2.30. The van der Waals surface area contributed by atoms with E-state index in [0.717, 1.165) is 30.6 Å². The van der Waals surface area contributed by atoms with E-state index in [1.165, 1.54) is 4.90 Å². The van der Waals surface area contributed by atoms with Crippen LogP contribution in [0.2, 0.25) is 0 Å². The molecule has 2 fully saturated rings. The third kappa shape index (κ3) is 3.88. The maximum atomic E-state index is 13.0. The van der Waals surface area contributed by atoms with Gasteiger partial charge in [-0.3, -0.25) is 14.5 Å². The van der Waals surface area contributed by atoms with Gasteiger partial charge in [0.05, 0.1) is 6.54 Å². The van der Waals surface area contributed by atoms with E-state index in [0.29, 0.717) is 37.5 Å². The van der Waals surface area contributed by atoms with Gasteiger partial charge in [0.2, 0.25) is 5.91 Å². The smallest absolute Gasteiger partial charge is 0.325 e. The number of hydrogen-bond donors (Lipinski definition) is 1. The summed E-state index contributed by atoms with van der Waals surface area (Å²) < 4.78 is 11.6. The molecule has 0 radical (unpaired) electrons. The van der Waals surface area contributed by atoms with Gasteiger partial charge in [-0.25, -0.2) is 4.79 Å². The topological polar surface area (TPSA) is 88.2 Å². The summed E-state index contributed by atoms with van der Waals surface area (Å²) in [5, 5.41) is 2.87. The predicted molar refractivity (Wildman–Crippen MR) is 105 cm³/mol. The van der Waals surface area contributed by atoms with Crippen LogP contribution in [0.25, 0.3) is 0 Å². The Labute approximate surface area is 170 Å². The van der Waals surface area contributed by atoms with Crippen molar-refractivity contribution in [2.75, 3.05) is 26.7 Å². The molecule has 0 unspecified atom stereocenters. The summed E-state index contributed by atoms with van der Waals surface area (Å²) in [4.78, 5) is 40.7. The van der Waals surface area contributed by atoms with Crippen LogP contribution in [0.1, 0.15) is 38.5 Å². The zero-order valence-electron chi connectivity index (χ0n) is 16.7. The van der Waals surface area contributed by atoms with Crippen LogP contribution >= 0.6 is 0 Å². The number of rotatable bonds is 4. The number of ether oxygens (including phenoxy) is 2. The van der Waals surface area contributed by atoms with Crippen LogP contribution in [-0.2, 0) is 9.59 Å². The number of likely N-dealkylation sites (N-methyl/N-ethyl adjacent to an activating group) is 1. The molecule has 0 bridgehead atoms. The average molecular weight is 401 g/mol. The summed E-state index contributed by atoms with van der Waals surface area (Å²) in [7, 11) is 1.64. The molecular weight excluding hydrogens is 374 g/mol. The lowest BCUT2D eigenvalue weighted by Crippen LogP contribution is -2.48. The molecule has 156 valence electrons. The van der Waals surface area contributed by atoms with Crippen LogP contribution < -0.4 is 14.8 Å². The number of fused-ring (bicyclic) bond motifs is 1. The zero-order valence-corrected chi connectivity index (χ0v) is 16.7. The molecule has 1 N–H and O–H groups in total. The molecule has 2 heterocycles. The molecule has 3 aliphatic rings. The van der Waals surface area contributed by atoms with Gasteiger partial charge in [0.15, 0.2) is 17.6 Å². The van der Waals surface area contributed by atoms with Gasteiger partial charge in [-0.05, 0) is 25.0 Å². The van der Waals surface area contributed by atoms with Crippen LogP contribution in [-0.4, -0.2) is 66.0 Å². The fourth-order valence-electron chi connectivity index (χ4n) is 4.31. The first-order chi connectivity index (χ1) is 14.0. The highest BCUT2D eigenvalue weighted by molar-refractivity contribution is 6.09. The second-order valence-corrected chi connectivity index (χ2v) is 8.09. The molecule has 2 aliphatic heterocycles. The zero-order chi connectivity index (χ0) is 20.4. The molecule has 1 aromatic carbocycles. The Balaban J connectivity index is 1.35. The molecule has 8 nitrogen and oxygen atoms in total. The van der Waals surface area contributed by atoms with Gasteiger partial charge in [-0.2, -0.15) is 0 Å². The van der Waals surface area contributed by atoms with Crippen molar-refractivity contribution in [3.8, 4) is 11.5 Å². The van der Waals surface area contributed by atoms with Crippen molar-refractivity contribution in [2.45, 2.75) is 50.2 Å². The molecule has 1 aromatic rings. The molecule has 4 rings (SSSR count). The summed E-state index contributed by atoms with van der Waals surface area (Å²) in [6.45, 7) is 0.385. The van der Waals surface area contributed by atoms with E-state index in [1.54, 1.807) is 7.05 Å². The van der Waals surface area contributed by atoms with Gasteiger partial charge in [0, 0.05) is 7.05 Å². The summed E-state index contributed by atoms with van der Waals surface area (Å²) in [5.74, 6) is 0.763. The number of para-hydroxylation sites is 2. The maximum absolute atomic E-state index is 13.0. The third-order valence-corrected chi connectivity index (χ3v) is 5.97. The van der Waals surface area contributed by atoms with E-state index in [1.807, 2.05) is 24.3 Å². The third-order valence-electron chi connectivity index (χ3n) is 5.97. The van der Waals surface area contributed by atoms with Crippen molar-refractivity contribution >= 4 is 17.8 Å². The molecule has 4 amide bonds. The molecule has 1 atom stereocenters. The highest BCUT2D eigenvalue weighted by Crippen LogP contribution is 2.33. The number of amides is 4. The van der Waals surface area contributed by atoms with Crippen molar-refractivity contribution in [3.63, 3.8) is 0 Å². The minimum absolute atomic E-state index is 0.257. The number of nitrogens with zero attached hydrogens (tertiary/aromatic N) is 2. The Morgan fingerprint density at radius 3 is 2.59 bits per heavy atom. The second kappa shape index (κ2) is 7.93. The fourth-order valence-corrected chi connectivity index (χ4v) is 4.31. The van der Waals surface area contributed by atoms with E-state index < -0.39 is 11.6 Å². The van der Waals surface area contributed by atoms with Gasteiger partial charge in [-0.15, -0.1) is 0 Å². The van der Waals surface area contributed by atoms with E-state index in [9.17, 15) is 14.4 Å². The summed E-state index contributed by atoms with van der Waals surface area (Å²) in [5.41, 5.74) is -0.823. The minimum atomic E-state index is -0.823. The average Bonchev–Trinajstić information content (AvgIpc) is 2.88. The molecule has 0 aromatic heterocycles. The normalized spacial score (nSPS) is 22.9. The van der Waals surface area contributed by atoms with Crippen molar-refractivity contribution in [3.05, 3.63) is 24.3 Å². The van der Waals surface area contributed by atoms with Crippen molar-refractivity contribution < 1.29 is 23.9 Å². The van der Waals surface area contributed by atoms with Crippen LogP contribution in [0.3, 0.4) is 0 Å². The lowest BCUT2D eigenvalue weighted by molar-refractivity contribution is -0.139. The van der Waals surface area contributed by atoms with E-state index in [-0.39, 0.29) is 24.5 Å².